The molecule has 2 aromatic heterocycles. The van der Waals surface area contributed by atoms with E-state index in [1.807, 2.05) is 0 Å². The summed E-state index contributed by atoms with van der Waals surface area (Å²) in [5.41, 5.74) is 6.69. The molecule has 0 aliphatic heterocycles. The fraction of sp³-hybridized carbons (Fsp3) is 0.167. The van der Waals surface area contributed by atoms with Gasteiger partial charge in [0.05, 0.1) is 5.69 Å². The number of carbonyl (C=O) groups excluding carboxylic acids is 1. The van der Waals surface area contributed by atoms with Gasteiger partial charge in [0.15, 0.2) is 5.69 Å². The predicted octanol–water partition coefficient (Wildman–Crippen LogP) is 1.31. The summed E-state index contributed by atoms with van der Waals surface area (Å²) in [4.78, 5) is 17.3. The molecular weight excluding hydrogens is 262 g/mol. The summed E-state index contributed by atoms with van der Waals surface area (Å²) in [6.45, 7) is 0. The van der Waals surface area contributed by atoms with Crippen LogP contribution in [0.15, 0.2) is 40.5 Å². The Bertz CT molecular complexity index is 585. The van der Waals surface area contributed by atoms with E-state index in [4.69, 9.17) is 5.73 Å². The second-order valence-electron chi connectivity index (χ2n) is 3.96. The van der Waals surface area contributed by atoms with Crippen LogP contribution in [0.25, 0.3) is 0 Å². The van der Waals surface area contributed by atoms with Crippen LogP contribution in [0.1, 0.15) is 10.5 Å². The van der Waals surface area contributed by atoms with Gasteiger partial charge in [-0.25, -0.2) is 4.98 Å². The minimum atomic E-state index is -0.179. The van der Waals surface area contributed by atoms with Crippen LogP contribution in [0.5, 0.6) is 0 Å². The summed E-state index contributed by atoms with van der Waals surface area (Å²) in [5.74, 6) is -0.179. The first kappa shape index (κ1) is 13.3. The Labute approximate surface area is 115 Å². The first-order chi connectivity index (χ1) is 9.08. The Hall–Kier alpha value is -2.15. The summed E-state index contributed by atoms with van der Waals surface area (Å²) in [6, 6.07) is 6.90. The summed E-state index contributed by atoms with van der Waals surface area (Å²) < 4.78 is 0. The molecule has 0 saturated carbocycles. The van der Waals surface area contributed by atoms with Crippen LogP contribution in [0.3, 0.4) is 0 Å². The van der Waals surface area contributed by atoms with Crippen LogP contribution < -0.4 is 5.73 Å². The van der Waals surface area contributed by atoms with E-state index in [1.165, 1.54) is 16.7 Å². The Morgan fingerprint density at radius 1 is 1.26 bits per heavy atom. The summed E-state index contributed by atoms with van der Waals surface area (Å²) >= 11 is 1.31. The van der Waals surface area contributed by atoms with Crippen LogP contribution in [-0.2, 0) is 0 Å². The van der Waals surface area contributed by atoms with Crippen molar-refractivity contribution in [2.75, 3.05) is 19.8 Å². The number of carbonyl (C=O) groups is 1. The van der Waals surface area contributed by atoms with Crippen molar-refractivity contribution in [3.8, 4) is 0 Å². The lowest BCUT2D eigenvalue weighted by Crippen LogP contribution is -2.23. The highest BCUT2D eigenvalue weighted by Gasteiger charge is 2.11. The number of hydrogen-bond donors (Lipinski definition) is 1. The molecule has 0 spiro atoms. The third kappa shape index (κ3) is 3.19. The minimum absolute atomic E-state index is 0.179. The Kier molecular flexibility index (Phi) is 3.96. The molecule has 0 fully saturated rings. The summed E-state index contributed by atoms with van der Waals surface area (Å²) in [7, 11) is 3.34. The quantitative estimate of drug-likeness (QED) is 0.909. The van der Waals surface area contributed by atoms with Crippen molar-refractivity contribution in [3.63, 3.8) is 0 Å². The second-order valence-corrected chi connectivity index (χ2v) is 4.97. The SMILES string of the molecule is CN(C)C(=O)c1ccc(Sc2ncccc2N)nn1. The van der Waals surface area contributed by atoms with E-state index in [0.717, 1.165) is 0 Å². The standard InChI is InChI=1S/C12H13N5OS/c1-17(2)12(18)9-5-6-10(16-15-9)19-11-8(13)4-3-7-14-11/h3-7H,13H2,1-2H3. The zero-order chi connectivity index (χ0) is 13.8. The van der Waals surface area contributed by atoms with Crippen molar-refractivity contribution in [2.45, 2.75) is 10.1 Å². The molecule has 2 rings (SSSR count). The zero-order valence-corrected chi connectivity index (χ0v) is 11.4. The molecule has 2 N–H and O–H groups in total. The molecule has 0 unspecified atom stereocenters. The normalized spacial score (nSPS) is 10.2. The number of rotatable bonds is 3. The van der Waals surface area contributed by atoms with Gasteiger partial charge in [-0.3, -0.25) is 4.79 Å². The number of nitrogen functional groups attached to an aromatic ring is 1. The molecule has 0 aliphatic carbocycles. The third-order valence-corrected chi connectivity index (χ3v) is 3.23. The molecule has 98 valence electrons. The smallest absolute Gasteiger partial charge is 0.273 e. The number of aromatic nitrogens is 3. The maximum absolute atomic E-state index is 11.7. The number of hydrogen-bond acceptors (Lipinski definition) is 6. The molecular formula is C12H13N5OS. The van der Waals surface area contributed by atoms with E-state index in [9.17, 15) is 4.79 Å². The van der Waals surface area contributed by atoms with Crippen molar-refractivity contribution >= 4 is 23.4 Å². The van der Waals surface area contributed by atoms with Crippen molar-refractivity contribution < 1.29 is 4.79 Å². The lowest BCUT2D eigenvalue weighted by molar-refractivity contribution is 0.0820. The van der Waals surface area contributed by atoms with E-state index in [1.54, 1.807) is 44.6 Å². The van der Waals surface area contributed by atoms with Crippen molar-refractivity contribution in [3.05, 3.63) is 36.2 Å². The van der Waals surface area contributed by atoms with Crippen LogP contribution in [0.2, 0.25) is 0 Å². The zero-order valence-electron chi connectivity index (χ0n) is 10.6. The molecule has 0 aromatic carbocycles. The highest BCUT2D eigenvalue weighted by molar-refractivity contribution is 7.99. The van der Waals surface area contributed by atoms with E-state index in [2.05, 4.69) is 15.2 Å². The van der Waals surface area contributed by atoms with E-state index < -0.39 is 0 Å². The first-order valence-corrected chi connectivity index (χ1v) is 6.33. The van der Waals surface area contributed by atoms with Crippen LogP contribution in [0.4, 0.5) is 5.69 Å². The average Bonchev–Trinajstić information content (AvgIpc) is 2.41. The molecule has 0 saturated heterocycles. The highest BCUT2D eigenvalue weighted by Crippen LogP contribution is 2.27. The molecule has 2 aromatic rings. The largest absolute Gasteiger partial charge is 0.397 e. The van der Waals surface area contributed by atoms with Gasteiger partial charge in [0, 0.05) is 20.3 Å². The molecule has 0 aliphatic rings. The summed E-state index contributed by atoms with van der Waals surface area (Å²) in [5, 5.41) is 9.19. The lowest BCUT2D eigenvalue weighted by Gasteiger charge is -2.08. The fourth-order valence-corrected chi connectivity index (χ4v) is 2.02. The second kappa shape index (κ2) is 5.66. The molecule has 0 atom stereocenters. The van der Waals surface area contributed by atoms with E-state index in [0.29, 0.717) is 21.4 Å². The number of anilines is 1. The minimum Gasteiger partial charge on any atom is -0.397 e. The molecule has 0 radical (unpaired) electrons. The third-order valence-electron chi connectivity index (χ3n) is 2.27. The van der Waals surface area contributed by atoms with E-state index >= 15 is 0 Å². The predicted molar refractivity (Wildman–Crippen MR) is 72.8 cm³/mol. The topological polar surface area (TPSA) is 85.0 Å². The maximum atomic E-state index is 11.7. The highest BCUT2D eigenvalue weighted by atomic mass is 32.2. The first-order valence-electron chi connectivity index (χ1n) is 5.51. The van der Waals surface area contributed by atoms with Crippen LogP contribution >= 0.6 is 11.8 Å². The molecule has 6 nitrogen and oxygen atoms in total. The molecule has 2 heterocycles. The monoisotopic (exact) mass is 275 g/mol. The molecule has 0 bridgehead atoms. The van der Waals surface area contributed by atoms with Gasteiger partial charge < -0.3 is 10.6 Å². The van der Waals surface area contributed by atoms with Gasteiger partial charge in [-0.2, -0.15) is 0 Å². The number of nitrogens with zero attached hydrogens (tertiary/aromatic N) is 4. The Balaban J connectivity index is 2.16. The number of nitrogens with two attached hydrogens (primary N) is 1. The van der Waals surface area contributed by atoms with Crippen LogP contribution in [0, 0.1) is 0 Å². The van der Waals surface area contributed by atoms with Gasteiger partial charge >= 0.3 is 0 Å². The Morgan fingerprint density at radius 2 is 2.05 bits per heavy atom. The molecule has 1 amide bonds. The molecule has 19 heavy (non-hydrogen) atoms. The van der Waals surface area contributed by atoms with Gasteiger partial charge in [0.2, 0.25) is 0 Å². The fourth-order valence-electron chi connectivity index (χ4n) is 1.31. The van der Waals surface area contributed by atoms with Crippen molar-refractivity contribution in [2.24, 2.45) is 0 Å². The average molecular weight is 275 g/mol. The van der Waals surface area contributed by atoms with Crippen LogP contribution in [-0.4, -0.2) is 40.1 Å². The lowest BCUT2D eigenvalue weighted by atomic mass is 10.3. The van der Waals surface area contributed by atoms with Gasteiger partial charge in [0.25, 0.3) is 5.91 Å². The summed E-state index contributed by atoms with van der Waals surface area (Å²) in [6.07, 6.45) is 1.66. The van der Waals surface area contributed by atoms with Gasteiger partial charge in [-0.05, 0) is 36.0 Å². The van der Waals surface area contributed by atoms with Gasteiger partial charge in [-0.1, -0.05) is 0 Å². The van der Waals surface area contributed by atoms with Gasteiger partial charge in [0.1, 0.15) is 10.1 Å². The Morgan fingerprint density at radius 3 is 2.63 bits per heavy atom. The van der Waals surface area contributed by atoms with E-state index in [-0.39, 0.29) is 5.91 Å². The maximum Gasteiger partial charge on any atom is 0.273 e. The van der Waals surface area contributed by atoms with Crippen molar-refractivity contribution in [1.29, 1.82) is 0 Å². The number of amides is 1. The number of pyridine rings is 1. The van der Waals surface area contributed by atoms with Crippen molar-refractivity contribution in [1.82, 2.24) is 20.1 Å². The molecule has 7 heteroatoms. The van der Waals surface area contributed by atoms with Gasteiger partial charge in [-0.15, -0.1) is 10.2 Å².